The molecule has 0 aliphatic heterocycles. The average molecular weight is 320 g/mol. The lowest BCUT2D eigenvalue weighted by atomic mass is 10.2. The minimum atomic E-state index is -3.49. The Morgan fingerprint density at radius 2 is 1.64 bits per heavy atom. The topological polar surface area (TPSA) is 109 Å². The van der Waals surface area contributed by atoms with Crippen LogP contribution in [-0.2, 0) is 9.84 Å². The molecule has 1 amide bonds. The summed E-state index contributed by atoms with van der Waals surface area (Å²) in [7, 11) is -3.49. The van der Waals surface area contributed by atoms with Crippen molar-refractivity contribution in [1.29, 1.82) is 0 Å². The maximum atomic E-state index is 12.0. The highest BCUT2D eigenvalue weighted by Crippen LogP contribution is 2.16. The molecule has 0 radical (unpaired) electrons. The molecule has 6 nitrogen and oxygen atoms in total. The van der Waals surface area contributed by atoms with E-state index in [4.69, 9.17) is 10.8 Å². The highest BCUT2D eigenvalue weighted by molar-refractivity contribution is 7.91. The average Bonchev–Trinajstić information content (AvgIpc) is 2.48. The zero-order chi connectivity index (χ0) is 16.2. The summed E-state index contributed by atoms with van der Waals surface area (Å²) in [5, 5.41) is 11.4. The first-order valence-corrected chi connectivity index (χ1v) is 8.18. The van der Waals surface area contributed by atoms with E-state index in [9.17, 15) is 13.2 Å². The Kier molecular flexibility index (Phi) is 4.79. The van der Waals surface area contributed by atoms with Crippen LogP contribution >= 0.6 is 0 Å². The van der Waals surface area contributed by atoms with Gasteiger partial charge in [0.15, 0.2) is 9.84 Å². The SMILES string of the molecule is Nc1ccc(C(=O)Nc2ccc(S(=O)(=O)CCO)cc2)cc1. The van der Waals surface area contributed by atoms with Gasteiger partial charge < -0.3 is 16.2 Å². The molecule has 0 bridgehead atoms. The molecular weight excluding hydrogens is 304 g/mol. The van der Waals surface area contributed by atoms with Crippen LogP contribution in [0.4, 0.5) is 11.4 Å². The van der Waals surface area contributed by atoms with Crippen LogP contribution in [-0.4, -0.2) is 31.8 Å². The number of nitrogen functional groups attached to an aromatic ring is 1. The van der Waals surface area contributed by atoms with Crippen molar-refractivity contribution >= 4 is 27.1 Å². The Morgan fingerprint density at radius 1 is 1.05 bits per heavy atom. The number of hydrogen-bond acceptors (Lipinski definition) is 5. The number of rotatable bonds is 5. The molecule has 0 atom stereocenters. The third-order valence-corrected chi connectivity index (χ3v) is 4.71. The van der Waals surface area contributed by atoms with E-state index in [0.717, 1.165) is 0 Å². The monoisotopic (exact) mass is 320 g/mol. The highest BCUT2D eigenvalue weighted by Gasteiger charge is 2.13. The number of carbonyl (C=O) groups is 1. The highest BCUT2D eigenvalue weighted by atomic mass is 32.2. The molecule has 0 spiro atoms. The summed E-state index contributed by atoms with van der Waals surface area (Å²) in [4.78, 5) is 12.1. The van der Waals surface area contributed by atoms with E-state index in [1.807, 2.05) is 0 Å². The van der Waals surface area contributed by atoms with E-state index in [-0.39, 0.29) is 16.6 Å². The largest absolute Gasteiger partial charge is 0.399 e. The van der Waals surface area contributed by atoms with Gasteiger partial charge in [0, 0.05) is 16.9 Å². The number of anilines is 2. The minimum absolute atomic E-state index is 0.104. The van der Waals surface area contributed by atoms with Crippen LogP contribution in [0.3, 0.4) is 0 Å². The zero-order valence-corrected chi connectivity index (χ0v) is 12.5. The van der Waals surface area contributed by atoms with Crippen molar-refractivity contribution in [1.82, 2.24) is 0 Å². The number of carbonyl (C=O) groups excluding carboxylic acids is 1. The van der Waals surface area contributed by atoms with Crippen molar-refractivity contribution in [2.45, 2.75) is 4.90 Å². The maximum Gasteiger partial charge on any atom is 0.255 e. The molecule has 0 saturated heterocycles. The Bertz CT molecular complexity index is 753. The lowest BCUT2D eigenvalue weighted by molar-refractivity contribution is 0.102. The Balaban J connectivity index is 2.11. The van der Waals surface area contributed by atoms with Crippen LogP contribution in [0.2, 0.25) is 0 Å². The lowest BCUT2D eigenvalue weighted by Gasteiger charge is -2.07. The lowest BCUT2D eigenvalue weighted by Crippen LogP contribution is -2.13. The van der Waals surface area contributed by atoms with Gasteiger partial charge in [0.2, 0.25) is 0 Å². The maximum absolute atomic E-state index is 12.0. The molecule has 7 heteroatoms. The van der Waals surface area contributed by atoms with Gasteiger partial charge in [-0.15, -0.1) is 0 Å². The fourth-order valence-electron chi connectivity index (χ4n) is 1.82. The van der Waals surface area contributed by atoms with Crippen molar-refractivity contribution in [2.24, 2.45) is 0 Å². The predicted molar refractivity (Wildman–Crippen MR) is 84.4 cm³/mol. The number of benzene rings is 2. The van der Waals surface area contributed by atoms with Gasteiger partial charge in [-0.3, -0.25) is 4.79 Å². The summed E-state index contributed by atoms with van der Waals surface area (Å²) >= 11 is 0. The third-order valence-electron chi connectivity index (χ3n) is 3.00. The van der Waals surface area contributed by atoms with E-state index in [1.165, 1.54) is 24.3 Å². The van der Waals surface area contributed by atoms with Crippen molar-refractivity contribution in [3.63, 3.8) is 0 Å². The number of nitrogens with one attached hydrogen (secondary N) is 1. The molecule has 0 aliphatic carbocycles. The normalized spacial score (nSPS) is 11.1. The molecule has 2 aromatic rings. The zero-order valence-electron chi connectivity index (χ0n) is 11.7. The molecule has 0 unspecified atom stereocenters. The Hall–Kier alpha value is -2.38. The van der Waals surface area contributed by atoms with E-state index in [1.54, 1.807) is 24.3 Å². The molecule has 0 aromatic heterocycles. The summed E-state index contributed by atoms with van der Waals surface area (Å²) in [5.41, 5.74) is 7.05. The van der Waals surface area contributed by atoms with E-state index >= 15 is 0 Å². The van der Waals surface area contributed by atoms with Crippen LogP contribution < -0.4 is 11.1 Å². The van der Waals surface area contributed by atoms with Crippen LogP contribution in [0.1, 0.15) is 10.4 Å². The summed E-state index contributed by atoms with van der Waals surface area (Å²) in [6.45, 7) is -0.433. The van der Waals surface area contributed by atoms with Gasteiger partial charge in [0.25, 0.3) is 5.91 Å². The van der Waals surface area contributed by atoms with E-state index in [0.29, 0.717) is 16.9 Å². The first-order valence-electron chi connectivity index (χ1n) is 6.53. The van der Waals surface area contributed by atoms with E-state index in [2.05, 4.69) is 5.32 Å². The Labute approximate surface area is 128 Å². The second kappa shape index (κ2) is 6.59. The van der Waals surface area contributed by atoms with Crippen molar-refractivity contribution in [3.8, 4) is 0 Å². The molecular formula is C15H16N2O4S. The fourth-order valence-corrected chi connectivity index (χ4v) is 2.85. The van der Waals surface area contributed by atoms with Gasteiger partial charge in [0.1, 0.15) is 0 Å². The first-order chi connectivity index (χ1) is 10.4. The number of hydrogen-bond donors (Lipinski definition) is 3. The quantitative estimate of drug-likeness (QED) is 0.719. The standard InChI is InChI=1S/C15H16N2O4S/c16-12-3-1-11(2-4-12)15(19)17-13-5-7-14(8-6-13)22(20,21)10-9-18/h1-8,18H,9-10,16H2,(H,17,19). The summed E-state index contributed by atoms with van der Waals surface area (Å²) in [5.74, 6) is -0.643. The molecule has 22 heavy (non-hydrogen) atoms. The second-order valence-corrected chi connectivity index (χ2v) is 6.75. The molecule has 0 aliphatic rings. The van der Waals surface area contributed by atoms with Gasteiger partial charge in [-0.05, 0) is 48.5 Å². The van der Waals surface area contributed by atoms with E-state index < -0.39 is 16.4 Å². The third kappa shape index (κ3) is 3.84. The molecule has 0 saturated carbocycles. The number of aliphatic hydroxyl groups excluding tert-OH is 1. The van der Waals surface area contributed by atoms with Crippen molar-refractivity contribution < 1.29 is 18.3 Å². The van der Waals surface area contributed by atoms with Gasteiger partial charge in [-0.1, -0.05) is 0 Å². The van der Waals surface area contributed by atoms with Gasteiger partial charge >= 0.3 is 0 Å². The molecule has 0 heterocycles. The van der Waals surface area contributed by atoms with Crippen molar-refractivity contribution in [3.05, 3.63) is 54.1 Å². The van der Waals surface area contributed by atoms with Crippen LogP contribution in [0.15, 0.2) is 53.4 Å². The number of nitrogens with two attached hydrogens (primary N) is 1. The smallest absolute Gasteiger partial charge is 0.255 e. The summed E-state index contributed by atoms with van der Waals surface area (Å²) in [6, 6.07) is 12.2. The fraction of sp³-hybridized carbons (Fsp3) is 0.133. The van der Waals surface area contributed by atoms with Gasteiger partial charge in [0.05, 0.1) is 17.3 Å². The van der Waals surface area contributed by atoms with Gasteiger partial charge in [-0.2, -0.15) is 0 Å². The molecule has 0 fully saturated rings. The first kappa shape index (κ1) is 16.0. The van der Waals surface area contributed by atoms with Gasteiger partial charge in [-0.25, -0.2) is 8.42 Å². The summed E-state index contributed by atoms with van der Waals surface area (Å²) < 4.78 is 23.5. The predicted octanol–water partition coefficient (Wildman–Crippen LogP) is 1.29. The molecule has 116 valence electrons. The summed E-state index contributed by atoms with van der Waals surface area (Å²) in [6.07, 6.45) is 0. The number of aliphatic hydroxyl groups is 1. The van der Waals surface area contributed by atoms with Crippen LogP contribution in [0.25, 0.3) is 0 Å². The molecule has 2 aromatic carbocycles. The second-order valence-electron chi connectivity index (χ2n) is 4.64. The van der Waals surface area contributed by atoms with Crippen LogP contribution in [0, 0.1) is 0 Å². The number of amides is 1. The van der Waals surface area contributed by atoms with Crippen LogP contribution in [0.5, 0.6) is 0 Å². The minimum Gasteiger partial charge on any atom is -0.399 e. The Morgan fingerprint density at radius 3 is 2.18 bits per heavy atom. The number of sulfone groups is 1. The molecule has 4 N–H and O–H groups in total. The molecule has 2 rings (SSSR count). The van der Waals surface area contributed by atoms with Crippen molar-refractivity contribution in [2.75, 3.05) is 23.4 Å².